The molecule has 0 aliphatic carbocycles. The number of nitrogens with one attached hydrogen (secondary N) is 1. The number of hydrogen-bond donors (Lipinski definition) is 3. The molecule has 6 heteroatoms. The number of nitrogens with zero attached hydrogens (tertiary/aromatic N) is 1. The number of β-amino-alcohol motifs (C(OH)–C–C–N with tert-alkyl or cyclic N) is 1. The van der Waals surface area contributed by atoms with Crippen LogP contribution in [-0.4, -0.2) is 67.7 Å². The highest BCUT2D eigenvalue weighted by atomic mass is 16.5. The highest BCUT2D eigenvalue weighted by molar-refractivity contribution is 5.43. The molecule has 1 fully saturated rings. The van der Waals surface area contributed by atoms with Gasteiger partial charge in [0.1, 0.15) is 12.7 Å². The quantitative estimate of drug-likeness (QED) is 0.546. The SMILES string of the molecule is COc1ccc(CNCC(C)(C)CO)cc1OC[C@@H](O)CN1CCCCC1. The molecule has 0 unspecified atom stereocenters. The largest absolute Gasteiger partial charge is 0.493 e. The molecule has 27 heavy (non-hydrogen) atoms. The zero-order valence-electron chi connectivity index (χ0n) is 17.0. The third-order valence-electron chi connectivity index (χ3n) is 4.94. The maximum Gasteiger partial charge on any atom is 0.161 e. The predicted octanol–water partition coefficient (Wildman–Crippen LogP) is 2.03. The Kier molecular flexibility index (Phi) is 8.83. The van der Waals surface area contributed by atoms with Crippen LogP contribution >= 0.6 is 0 Å². The molecule has 1 aromatic rings. The van der Waals surface area contributed by atoms with Crippen molar-refractivity contribution in [2.24, 2.45) is 5.41 Å². The molecule has 0 bridgehead atoms. The van der Waals surface area contributed by atoms with E-state index >= 15 is 0 Å². The number of methoxy groups -OCH3 is 1. The number of likely N-dealkylation sites (tertiary alicyclic amines) is 1. The Morgan fingerprint density at radius 2 is 1.93 bits per heavy atom. The van der Waals surface area contributed by atoms with E-state index in [1.165, 1.54) is 19.3 Å². The Morgan fingerprint density at radius 3 is 2.59 bits per heavy atom. The lowest BCUT2D eigenvalue weighted by molar-refractivity contribution is 0.0608. The van der Waals surface area contributed by atoms with E-state index in [-0.39, 0.29) is 18.6 Å². The molecule has 1 aromatic carbocycles. The fourth-order valence-electron chi connectivity index (χ4n) is 3.22. The van der Waals surface area contributed by atoms with E-state index in [4.69, 9.17) is 9.47 Å². The second-order valence-corrected chi connectivity index (χ2v) is 8.24. The van der Waals surface area contributed by atoms with E-state index in [0.29, 0.717) is 24.6 Å². The summed E-state index contributed by atoms with van der Waals surface area (Å²) in [7, 11) is 1.62. The average Bonchev–Trinajstić information content (AvgIpc) is 2.67. The van der Waals surface area contributed by atoms with Crippen molar-refractivity contribution in [1.29, 1.82) is 0 Å². The summed E-state index contributed by atoms with van der Waals surface area (Å²) in [6, 6.07) is 5.83. The summed E-state index contributed by atoms with van der Waals surface area (Å²) in [5, 5.41) is 23.0. The van der Waals surface area contributed by atoms with Gasteiger partial charge < -0.3 is 29.9 Å². The molecule has 2 rings (SSSR count). The topological polar surface area (TPSA) is 74.2 Å². The molecular formula is C21H36N2O4. The van der Waals surface area contributed by atoms with E-state index in [0.717, 1.165) is 25.2 Å². The van der Waals surface area contributed by atoms with Crippen LogP contribution in [0.25, 0.3) is 0 Å². The van der Waals surface area contributed by atoms with E-state index in [2.05, 4.69) is 10.2 Å². The summed E-state index contributed by atoms with van der Waals surface area (Å²) in [6.07, 6.45) is 3.20. The Morgan fingerprint density at radius 1 is 1.19 bits per heavy atom. The first-order chi connectivity index (χ1) is 12.9. The second kappa shape index (κ2) is 10.9. The fraction of sp³-hybridized carbons (Fsp3) is 0.714. The fourth-order valence-corrected chi connectivity index (χ4v) is 3.22. The molecule has 0 amide bonds. The minimum atomic E-state index is -0.514. The normalized spacial score (nSPS) is 16.9. The van der Waals surface area contributed by atoms with Gasteiger partial charge in [-0.15, -0.1) is 0 Å². The van der Waals surface area contributed by atoms with Gasteiger partial charge in [0.05, 0.1) is 7.11 Å². The summed E-state index contributed by atoms with van der Waals surface area (Å²) < 4.78 is 11.3. The lowest BCUT2D eigenvalue weighted by atomic mass is 9.95. The molecule has 1 heterocycles. The average molecular weight is 381 g/mol. The molecule has 0 saturated carbocycles. The summed E-state index contributed by atoms with van der Waals surface area (Å²) in [5.41, 5.74) is 0.926. The van der Waals surface area contributed by atoms with E-state index in [1.54, 1.807) is 7.11 Å². The lowest BCUT2D eigenvalue weighted by Gasteiger charge is -2.28. The molecule has 6 nitrogen and oxygen atoms in total. The van der Waals surface area contributed by atoms with Crippen LogP contribution in [0.4, 0.5) is 0 Å². The number of aliphatic hydroxyl groups excluding tert-OH is 2. The third kappa shape index (κ3) is 7.66. The predicted molar refractivity (Wildman–Crippen MR) is 107 cm³/mol. The lowest BCUT2D eigenvalue weighted by Crippen LogP contribution is -2.38. The van der Waals surface area contributed by atoms with E-state index in [9.17, 15) is 10.2 Å². The van der Waals surface area contributed by atoms with Gasteiger partial charge in [0, 0.05) is 31.7 Å². The number of aliphatic hydroxyl groups is 2. The van der Waals surface area contributed by atoms with Crippen molar-refractivity contribution in [3.63, 3.8) is 0 Å². The van der Waals surface area contributed by atoms with Crippen LogP contribution in [0.2, 0.25) is 0 Å². The molecule has 0 spiro atoms. The minimum Gasteiger partial charge on any atom is -0.493 e. The molecule has 1 saturated heterocycles. The number of rotatable bonds is 11. The van der Waals surface area contributed by atoms with Gasteiger partial charge in [0.15, 0.2) is 11.5 Å². The molecular weight excluding hydrogens is 344 g/mol. The molecule has 3 N–H and O–H groups in total. The highest BCUT2D eigenvalue weighted by Crippen LogP contribution is 2.28. The Labute approximate surface area is 163 Å². The van der Waals surface area contributed by atoms with Crippen LogP contribution in [0.15, 0.2) is 18.2 Å². The van der Waals surface area contributed by atoms with Crippen molar-refractivity contribution in [2.45, 2.75) is 45.8 Å². The van der Waals surface area contributed by atoms with Gasteiger partial charge in [-0.2, -0.15) is 0 Å². The molecule has 0 radical (unpaired) electrons. The highest BCUT2D eigenvalue weighted by Gasteiger charge is 2.17. The van der Waals surface area contributed by atoms with E-state index < -0.39 is 6.10 Å². The standard InChI is InChI=1S/C21H36N2O4/c1-21(2,16-24)15-22-12-17-7-8-19(26-3)20(11-17)27-14-18(25)13-23-9-5-4-6-10-23/h7-8,11,18,22,24-25H,4-6,9-10,12-16H2,1-3H3/t18-/m0/s1. The van der Waals surface area contributed by atoms with Crippen molar-refractivity contribution in [3.05, 3.63) is 23.8 Å². The zero-order valence-corrected chi connectivity index (χ0v) is 17.0. The van der Waals surface area contributed by atoms with Gasteiger partial charge in [0.2, 0.25) is 0 Å². The molecule has 1 aliphatic heterocycles. The number of ether oxygens (including phenoxy) is 2. The first-order valence-electron chi connectivity index (χ1n) is 9.95. The summed E-state index contributed by atoms with van der Waals surface area (Å²) in [4.78, 5) is 2.30. The van der Waals surface area contributed by atoms with Crippen LogP contribution in [0, 0.1) is 5.41 Å². The van der Waals surface area contributed by atoms with Crippen molar-refractivity contribution in [1.82, 2.24) is 10.2 Å². The van der Waals surface area contributed by atoms with Gasteiger partial charge in [-0.25, -0.2) is 0 Å². The summed E-state index contributed by atoms with van der Waals surface area (Å²) in [5.74, 6) is 1.32. The number of piperidine rings is 1. The number of hydrogen-bond acceptors (Lipinski definition) is 6. The van der Waals surface area contributed by atoms with Gasteiger partial charge in [-0.1, -0.05) is 26.3 Å². The molecule has 1 aliphatic rings. The van der Waals surface area contributed by atoms with Gasteiger partial charge >= 0.3 is 0 Å². The third-order valence-corrected chi connectivity index (χ3v) is 4.94. The monoisotopic (exact) mass is 380 g/mol. The molecule has 154 valence electrons. The van der Waals surface area contributed by atoms with Crippen LogP contribution in [0.5, 0.6) is 11.5 Å². The van der Waals surface area contributed by atoms with Crippen LogP contribution in [0.1, 0.15) is 38.7 Å². The van der Waals surface area contributed by atoms with Crippen LogP contribution in [0.3, 0.4) is 0 Å². The van der Waals surface area contributed by atoms with Crippen LogP contribution < -0.4 is 14.8 Å². The zero-order chi connectivity index (χ0) is 19.7. The first-order valence-corrected chi connectivity index (χ1v) is 9.95. The summed E-state index contributed by atoms with van der Waals surface area (Å²) >= 11 is 0. The second-order valence-electron chi connectivity index (χ2n) is 8.24. The Balaban J connectivity index is 1.86. The maximum atomic E-state index is 10.3. The van der Waals surface area contributed by atoms with Crippen molar-refractivity contribution < 1.29 is 19.7 Å². The Bertz CT molecular complexity index is 559. The first kappa shape index (κ1) is 22.0. The van der Waals surface area contributed by atoms with Crippen molar-refractivity contribution in [2.75, 3.05) is 46.5 Å². The van der Waals surface area contributed by atoms with Gasteiger partial charge in [-0.3, -0.25) is 0 Å². The smallest absolute Gasteiger partial charge is 0.161 e. The van der Waals surface area contributed by atoms with Crippen molar-refractivity contribution in [3.8, 4) is 11.5 Å². The van der Waals surface area contributed by atoms with Gasteiger partial charge in [0.25, 0.3) is 0 Å². The molecule has 1 atom stereocenters. The Hall–Kier alpha value is -1.34. The minimum absolute atomic E-state index is 0.145. The number of benzene rings is 1. The van der Waals surface area contributed by atoms with E-state index in [1.807, 2.05) is 32.0 Å². The summed E-state index contributed by atoms with van der Waals surface area (Å²) in [6.45, 7) is 8.61. The molecule has 0 aromatic heterocycles. The van der Waals surface area contributed by atoms with Gasteiger partial charge in [-0.05, 0) is 43.6 Å². The van der Waals surface area contributed by atoms with Crippen molar-refractivity contribution >= 4 is 0 Å². The maximum absolute atomic E-state index is 10.3. The van der Waals surface area contributed by atoms with Crippen LogP contribution in [-0.2, 0) is 6.54 Å².